The van der Waals surface area contributed by atoms with E-state index >= 15 is 0 Å². The SMILES string of the molecule is COCCNc1nccc(C(=O)NC2(C(F)(F)F)C(=O)Nc3nc4cc(C)c(C)cc4n32)n1. The number of alkyl halides is 3. The number of benzene rings is 1. The molecule has 2 aromatic heterocycles. The summed E-state index contributed by atoms with van der Waals surface area (Å²) in [5, 5.41) is 6.80. The number of methoxy groups -OCH3 is 1. The van der Waals surface area contributed by atoms with Crippen LogP contribution in [0.15, 0.2) is 24.4 Å². The molecule has 3 aromatic rings. The fourth-order valence-electron chi connectivity index (χ4n) is 3.55. The van der Waals surface area contributed by atoms with E-state index in [1.54, 1.807) is 19.9 Å². The molecule has 0 saturated carbocycles. The number of hydrogen-bond donors (Lipinski definition) is 3. The van der Waals surface area contributed by atoms with Crippen LogP contribution in [0.1, 0.15) is 21.6 Å². The summed E-state index contributed by atoms with van der Waals surface area (Å²) in [5.74, 6) is -2.98. The summed E-state index contributed by atoms with van der Waals surface area (Å²) >= 11 is 0. The summed E-state index contributed by atoms with van der Waals surface area (Å²) in [6.45, 7) is 4.17. The highest BCUT2D eigenvalue weighted by atomic mass is 19.4. The van der Waals surface area contributed by atoms with Crippen molar-refractivity contribution in [2.45, 2.75) is 25.7 Å². The van der Waals surface area contributed by atoms with Gasteiger partial charge in [0.05, 0.1) is 17.6 Å². The van der Waals surface area contributed by atoms with E-state index in [2.05, 4.69) is 25.6 Å². The summed E-state index contributed by atoms with van der Waals surface area (Å²) in [7, 11) is 1.49. The Morgan fingerprint density at radius 1 is 1.24 bits per heavy atom. The van der Waals surface area contributed by atoms with Crippen LogP contribution in [0, 0.1) is 13.8 Å². The van der Waals surface area contributed by atoms with E-state index in [0.717, 1.165) is 11.6 Å². The van der Waals surface area contributed by atoms with Crippen LogP contribution < -0.4 is 16.0 Å². The normalized spacial score (nSPS) is 17.7. The third kappa shape index (κ3) is 3.63. The predicted octanol–water partition coefficient (Wildman–Crippen LogP) is 2.10. The highest BCUT2D eigenvalue weighted by Gasteiger charge is 2.67. The fraction of sp³-hybridized carbons (Fsp3) is 0.350. The van der Waals surface area contributed by atoms with Crippen molar-refractivity contribution in [2.24, 2.45) is 0 Å². The number of amides is 2. The van der Waals surface area contributed by atoms with Crippen molar-refractivity contribution in [3.8, 4) is 0 Å². The zero-order chi connectivity index (χ0) is 24.0. The molecule has 1 aliphatic rings. The number of fused-ring (bicyclic) bond motifs is 3. The molecule has 0 radical (unpaired) electrons. The van der Waals surface area contributed by atoms with Crippen LogP contribution in [-0.2, 0) is 15.2 Å². The first-order valence-corrected chi connectivity index (χ1v) is 9.85. The number of carbonyl (C=O) groups is 2. The number of nitrogens with zero attached hydrogens (tertiary/aromatic N) is 4. The Kier molecular flexibility index (Phi) is 5.44. The van der Waals surface area contributed by atoms with Gasteiger partial charge in [-0.25, -0.2) is 15.0 Å². The Labute approximate surface area is 185 Å². The average Bonchev–Trinajstić information content (AvgIpc) is 3.22. The second kappa shape index (κ2) is 7.99. The number of halogens is 3. The lowest BCUT2D eigenvalue weighted by Crippen LogP contribution is -2.63. The molecule has 13 heteroatoms. The first kappa shape index (κ1) is 22.5. The first-order chi connectivity index (χ1) is 15.6. The molecular weight excluding hydrogens is 443 g/mol. The number of carbonyl (C=O) groups excluding carboxylic acids is 2. The van der Waals surface area contributed by atoms with Gasteiger partial charge in [-0.05, 0) is 43.2 Å². The van der Waals surface area contributed by atoms with Gasteiger partial charge in [-0.1, -0.05) is 0 Å². The third-order valence-electron chi connectivity index (χ3n) is 5.34. The minimum Gasteiger partial charge on any atom is -0.383 e. The molecule has 0 aliphatic carbocycles. The van der Waals surface area contributed by atoms with Crippen molar-refractivity contribution >= 4 is 34.7 Å². The average molecular weight is 463 g/mol. The minimum absolute atomic E-state index is 0.0245. The summed E-state index contributed by atoms with van der Waals surface area (Å²) in [6, 6.07) is 4.26. The monoisotopic (exact) mass is 463 g/mol. The Balaban J connectivity index is 1.78. The maximum Gasteiger partial charge on any atom is 0.440 e. The summed E-state index contributed by atoms with van der Waals surface area (Å²) < 4.78 is 49.1. The Morgan fingerprint density at radius 3 is 2.67 bits per heavy atom. The molecule has 4 rings (SSSR count). The van der Waals surface area contributed by atoms with Crippen LogP contribution in [0.2, 0.25) is 0 Å². The van der Waals surface area contributed by atoms with Crippen molar-refractivity contribution in [3.05, 3.63) is 41.2 Å². The lowest BCUT2D eigenvalue weighted by molar-refractivity contribution is -0.213. The van der Waals surface area contributed by atoms with Gasteiger partial charge in [-0.3, -0.25) is 19.5 Å². The molecule has 1 unspecified atom stereocenters. The molecule has 1 aliphatic heterocycles. The smallest absolute Gasteiger partial charge is 0.383 e. The molecule has 33 heavy (non-hydrogen) atoms. The van der Waals surface area contributed by atoms with Crippen molar-refractivity contribution < 1.29 is 27.5 Å². The lowest BCUT2D eigenvalue weighted by atomic mass is 10.1. The molecule has 0 saturated heterocycles. The Morgan fingerprint density at radius 2 is 1.97 bits per heavy atom. The number of nitrogens with one attached hydrogen (secondary N) is 3. The molecular formula is C20H20F3N7O3. The van der Waals surface area contributed by atoms with Crippen LogP contribution in [0.25, 0.3) is 11.0 Å². The van der Waals surface area contributed by atoms with E-state index in [0.29, 0.717) is 23.3 Å². The van der Waals surface area contributed by atoms with Gasteiger partial charge in [0.1, 0.15) is 5.69 Å². The van der Waals surface area contributed by atoms with Crippen molar-refractivity contribution in [1.82, 2.24) is 24.8 Å². The van der Waals surface area contributed by atoms with Gasteiger partial charge < -0.3 is 15.4 Å². The van der Waals surface area contributed by atoms with E-state index < -0.39 is 23.7 Å². The maximum atomic E-state index is 14.5. The zero-order valence-electron chi connectivity index (χ0n) is 17.9. The highest BCUT2D eigenvalue weighted by molar-refractivity contribution is 6.06. The Hall–Kier alpha value is -3.74. The number of imidazole rings is 1. The number of aryl methyl sites for hydroxylation is 2. The standard InChI is InChI=1S/C20H20F3N7O3/c1-10-8-13-14(9-11(10)2)30-18(27-13)28-16(32)19(30,20(21,22)23)29-15(31)12-4-5-24-17(26-12)25-6-7-33-3/h4-5,8-9H,6-7H2,1-3H3,(H,29,31)(H,24,25,26)(H,27,28,32). The quantitative estimate of drug-likeness (QED) is 0.479. The zero-order valence-corrected chi connectivity index (χ0v) is 17.9. The van der Waals surface area contributed by atoms with Gasteiger partial charge in [-0.2, -0.15) is 13.2 Å². The molecule has 174 valence electrons. The van der Waals surface area contributed by atoms with E-state index in [4.69, 9.17) is 4.74 Å². The van der Waals surface area contributed by atoms with Crippen molar-refractivity contribution in [2.75, 3.05) is 30.9 Å². The van der Waals surface area contributed by atoms with Gasteiger partial charge in [0.15, 0.2) is 0 Å². The van der Waals surface area contributed by atoms with E-state index in [9.17, 15) is 22.8 Å². The predicted molar refractivity (Wildman–Crippen MR) is 112 cm³/mol. The van der Waals surface area contributed by atoms with Crippen LogP contribution in [0.5, 0.6) is 0 Å². The van der Waals surface area contributed by atoms with Crippen molar-refractivity contribution in [3.63, 3.8) is 0 Å². The van der Waals surface area contributed by atoms with Gasteiger partial charge in [0, 0.05) is 19.9 Å². The molecule has 0 bridgehead atoms. The topological polar surface area (TPSA) is 123 Å². The van der Waals surface area contributed by atoms with Crippen LogP contribution in [-0.4, -0.2) is 57.8 Å². The number of rotatable bonds is 6. The van der Waals surface area contributed by atoms with Crippen LogP contribution in [0.4, 0.5) is 25.1 Å². The van der Waals surface area contributed by atoms with Gasteiger partial charge >= 0.3 is 6.18 Å². The molecule has 3 N–H and O–H groups in total. The largest absolute Gasteiger partial charge is 0.440 e. The fourth-order valence-corrected chi connectivity index (χ4v) is 3.55. The number of anilines is 2. The molecule has 2 amide bonds. The lowest BCUT2D eigenvalue weighted by Gasteiger charge is -2.31. The van der Waals surface area contributed by atoms with E-state index in [-0.39, 0.29) is 28.6 Å². The maximum absolute atomic E-state index is 14.5. The van der Waals surface area contributed by atoms with Crippen LogP contribution >= 0.6 is 0 Å². The number of aromatic nitrogens is 4. The minimum atomic E-state index is -5.20. The van der Waals surface area contributed by atoms with Crippen LogP contribution in [0.3, 0.4) is 0 Å². The summed E-state index contributed by atoms with van der Waals surface area (Å²) in [5.41, 5.74) is -1.94. The molecule has 3 heterocycles. The molecule has 0 fully saturated rings. The second-order valence-electron chi connectivity index (χ2n) is 7.50. The van der Waals surface area contributed by atoms with Gasteiger partial charge in [0.2, 0.25) is 11.9 Å². The van der Waals surface area contributed by atoms with E-state index in [1.807, 2.05) is 5.32 Å². The molecule has 1 atom stereocenters. The first-order valence-electron chi connectivity index (χ1n) is 9.85. The second-order valence-corrected chi connectivity index (χ2v) is 7.50. The number of hydrogen-bond acceptors (Lipinski definition) is 7. The van der Waals surface area contributed by atoms with Crippen molar-refractivity contribution in [1.29, 1.82) is 0 Å². The molecule has 0 spiro atoms. The third-order valence-corrected chi connectivity index (χ3v) is 5.34. The van der Waals surface area contributed by atoms with E-state index in [1.165, 1.54) is 19.4 Å². The summed E-state index contributed by atoms with van der Waals surface area (Å²) in [6.07, 6.45) is -3.98. The van der Waals surface area contributed by atoms with Gasteiger partial charge in [-0.15, -0.1) is 0 Å². The molecule has 10 nitrogen and oxygen atoms in total. The van der Waals surface area contributed by atoms with Gasteiger partial charge in [0.25, 0.3) is 17.5 Å². The number of ether oxygens (including phenoxy) is 1. The highest BCUT2D eigenvalue weighted by Crippen LogP contribution is 2.44. The Bertz CT molecular complexity index is 1260. The summed E-state index contributed by atoms with van der Waals surface area (Å²) in [4.78, 5) is 37.6. The molecule has 1 aromatic carbocycles.